The van der Waals surface area contributed by atoms with E-state index in [2.05, 4.69) is 6.07 Å². The van der Waals surface area contributed by atoms with Crippen molar-refractivity contribution in [1.82, 2.24) is 0 Å². The predicted octanol–water partition coefficient (Wildman–Crippen LogP) is 6.23. The van der Waals surface area contributed by atoms with Gasteiger partial charge in [0.05, 0.1) is 5.56 Å². The number of ether oxygens (including phenoxy) is 2. The van der Waals surface area contributed by atoms with Crippen LogP contribution in [0, 0.1) is 11.3 Å². The van der Waals surface area contributed by atoms with Crippen LogP contribution in [-0.2, 0) is 10.2 Å². The van der Waals surface area contributed by atoms with Crippen molar-refractivity contribution in [3.05, 3.63) is 94.5 Å². The van der Waals surface area contributed by atoms with Gasteiger partial charge in [-0.25, -0.2) is 0 Å². The Morgan fingerprint density at radius 2 is 1.67 bits per heavy atom. The minimum Gasteiger partial charge on any atom is -0.483 e. The van der Waals surface area contributed by atoms with Crippen molar-refractivity contribution in [3.63, 3.8) is 0 Å². The summed E-state index contributed by atoms with van der Waals surface area (Å²) in [6, 6.07) is 24.2. The lowest BCUT2D eigenvalue weighted by Gasteiger charge is -2.36. The Labute approximate surface area is 181 Å². The largest absolute Gasteiger partial charge is 0.483 e. The second kappa shape index (κ2) is 9.02. The standard InChI is InChI=1S/C25H22ClNO3/c1-17(28)29-23-14-13-20(26)15-21(23)25(2,3)24(18-9-5-4-6-10-18)30-22-12-8-7-11-19(22)16-27/h4-15,24H,1-3H3. The topological polar surface area (TPSA) is 59.3 Å². The van der Waals surface area contributed by atoms with Crippen LogP contribution in [0.4, 0.5) is 0 Å². The number of carbonyl (C=O) groups is 1. The Hall–Kier alpha value is -3.29. The summed E-state index contributed by atoms with van der Waals surface area (Å²) in [5.41, 5.74) is 1.43. The fourth-order valence-corrected chi connectivity index (χ4v) is 3.61. The molecular formula is C25H22ClNO3. The Bertz CT molecular complexity index is 1090. The van der Waals surface area contributed by atoms with Gasteiger partial charge in [0.15, 0.2) is 0 Å². The number of hydrogen-bond acceptors (Lipinski definition) is 4. The first-order chi connectivity index (χ1) is 14.3. The van der Waals surface area contributed by atoms with Crippen LogP contribution in [0.1, 0.15) is 43.6 Å². The maximum atomic E-state index is 11.7. The highest BCUT2D eigenvalue weighted by molar-refractivity contribution is 6.30. The van der Waals surface area contributed by atoms with Crippen molar-refractivity contribution >= 4 is 17.6 Å². The molecule has 0 radical (unpaired) electrons. The molecule has 1 unspecified atom stereocenters. The Balaban J connectivity index is 2.15. The van der Waals surface area contributed by atoms with Gasteiger partial charge in [-0.2, -0.15) is 5.26 Å². The van der Waals surface area contributed by atoms with Gasteiger partial charge >= 0.3 is 5.97 Å². The highest BCUT2D eigenvalue weighted by Crippen LogP contribution is 2.45. The molecule has 3 rings (SSSR count). The van der Waals surface area contributed by atoms with E-state index >= 15 is 0 Å². The van der Waals surface area contributed by atoms with Crippen LogP contribution in [0.3, 0.4) is 0 Å². The van der Waals surface area contributed by atoms with Crippen molar-refractivity contribution in [1.29, 1.82) is 5.26 Å². The molecule has 0 saturated heterocycles. The molecule has 0 aliphatic carbocycles. The fourth-order valence-electron chi connectivity index (χ4n) is 3.44. The van der Waals surface area contributed by atoms with Crippen LogP contribution in [0.5, 0.6) is 11.5 Å². The number of benzene rings is 3. The lowest BCUT2D eigenvalue weighted by atomic mass is 9.76. The maximum Gasteiger partial charge on any atom is 0.308 e. The average molecular weight is 420 g/mol. The van der Waals surface area contributed by atoms with Gasteiger partial charge in [-0.05, 0) is 35.9 Å². The summed E-state index contributed by atoms with van der Waals surface area (Å²) in [7, 11) is 0. The number of rotatable bonds is 6. The summed E-state index contributed by atoms with van der Waals surface area (Å²) in [6.45, 7) is 5.36. The number of esters is 1. The SMILES string of the molecule is CC(=O)Oc1ccc(Cl)cc1C(C)(C)C(Oc1ccccc1C#N)c1ccccc1. The normalized spacial score (nSPS) is 12.0. The van der Waals surface area contributed by atoms with Crippen molar-refractivity contribution in [3.8, 4) is 17.6 Å². The monoisotopic (exact) mass is 419 g/mol. The molecule has 30 heavy (non-hydrogen) atoms. The second-order valence-corrected chi connectivity index (χ2v) is 7.91. The zero-order valence-corrected chi connectivity index (χ0v) is 17.8. The lowest BCUT2D eigenvalue weighted by Crippen LogP contribution is -2.32. The molecule has 0 heterocycles. The molecule has 0 saturated carbocycles. The van der Waals surface area contributed by atoms with Gasteiger partial charge in [0.2, 0.25) is 0 Å². The molecule has 3 aromatic carbocycles. The Morgan fingerprint density at radius 1 is 1.00 bits per heavy atom. The summed E-state index contributed by atoms with van der Waals surface area (Å²) in [6.07, 6.45) is -0.485. The van der Waals surface area contributed by atoms with Gasteiger partial charge in [-0.1, -0.05) is 67.9 Å². The van der Waals surface area contributed by atoms with Crippen LogP contribution >= 0.6 is 11.6 Å². The summed E-state index contributed by atoms with van der Waals surface area (Å²) < 4.78 is 11.9. The van der Waals surface area contributed by atoms with Gasteiger partial charge < -0.3 is 9.47 Å². The molecule has 4 nitrogen and oxygen atoms in total. The molecule has 0 aliphatic rings. The molecule has 0 aliphatic heterocycles. The first-order valence-corrected chi connectivity index (χ1v) is 9.90. The third kappa shape index (κ3) is 4.64. The second-order valence-electron chi connectivity index (χ2n) is 7.47. The fraction of sp³-hybridized carbons (Fsp3) is 0.200. The smallest absolute Gasteiger partial charge is 0.308 e. The number of para-hydroxylation sites is 1. The van der Waals surface area contributed by atoms with E-state index < -0.39 is 17.5 Å². The van der Waals surface area contributed by atoms with Gasteiger partial charge in [0, 0.05) is 22.9 Å². The van der Waals surface area contributed by atoms with E-state index in [1.54, 1.807) is 36.4 Å². The Morgan fingerprint density at radius 3 is 2.33 bits per heavy atom. The number of halogens is 1. The predicted molar refractivity (Wildman–Crippen MR) is 117 cm³/mol. The maximum absolute atomic E-state index is 11.7. The van der Waals surface area contributed by atoms with E-state index in [-0.39, 0.29) is 0 Å². The zero-order valence-electron chi connectivity index (χ0n) is 17.1. The summed E-state index contributed by atoms with van der Waals surface area (Å²) in [5.74, 6) is 0.495. The Kier molecular flexibility index (Phi) is 6.44. The molecule has 3 aromatic rings. The van der Waals surface area contributed by atoms with E-state index in [0.717, 1.165) is 11.1 Å². The molecule has 0 spiro atoms. The van der Waals surface area contributed by atoms with E-state index in [9.17, 15) is 10.1 Å². The molecule has 0 N–H and O–H groups in total. The first kappa shape index (κ1) is 21.4. The van der Waals surface area contributed by atoms with E-state index in [1.807, 2.05) is 50.2 Å². The van der Waals surface area contributed by atoms with E-state index in [1.165, 1.54) is 6.92 Å². The summed E-state index contributed by atoms with van der Waals surface area (Å²) in [5, 5.41) is 10.0. The van der Waals surface area contributed by atoms with E-state index in [4.69, 9.17) is 21.1 Å². The van der Waals surface area contributed by atoms with Crippen molar-refractivity contribution < 1.29 is 14.3 Å². The number of carbonyl (C=O) groups excluding carboxylic acids is 1. The quantitative estimate of drug-likeness (QED) is 0.350. The van der Waals surface area contributed by atoms with Gasteiger partial charge in [-0.3, -0.25) is 4.79 Å². The summed E-state index contributed by atoms with van der Waals surface area (Å²) >= 11 is 6.29. The number of hydrogen-bond donors (Lipinski definition) is 0. The van der Waals surface area contributed by atoms with Crippen LogP contribution in [-0.4, -0.2) is 5.97 Å². The van der Waals surface area contributed by atoms with E-state index in [0.29, 0.717) is 22.1 Å². The lowest BCUT2D eigenvalue weighted by molar-refractivity contribution is -0.132. The minimum atomic E-state index is -0.667. The van der Waals surface area contributed by atoms with Crippen molar-refractivity contribution in [2.75, 3.05) is 0 Å². The third-order valence-electron chi connectivity index (χ3n) is 4.90. The zero-order chi connectivity index (χ0) is 21.7. The molecule has 152 valence electrons. The molecule has 0 amide bonds. The summed E-state index contributed by atoms with van der Waals surface area (Å²) in [4.78, 5) is 11.7. The average Bonchev–Trinajstić information content (AvgIpc) is 2.73. The molecular weight excluding hydrogens is 398 g/mol. The minimum absolute atomic E-state index is 0.415. The molecule has 0 aromatic heterocycles. The van der Waals surface area contributed by atoms with Crippen LogP contribution in [0.2, 0.25) is 5.02 Å². The first-order valence-electron chi connectivity index (χ1n) is 9.52. The highest BCUT2D eigenvalue weighted by Gasteiger charge is 2.37. The van der Waals surface area contributed by atoms with Crippen molar-refractivity contribution in [2.24, 2.45) is 0 Å². The molecule has 0 fully saturated rings. The van der Waals surface area contributed by atoms with Gasteiger partial charge in [-0.15, -0.1) is 0 Å². The molecule has 5 heteroatoms. The van der Waals surface area contributed by atoms with Crippen LogP contribution in [0.25, 0.3) is 0 Å². The van der Waals surface area contributed by atoms with Gasteiger partial charge in [0.25, 0.3) is 0 Å². The highest BCUT2D eigenvalue weighted by atomic mass is 35.5. The number of nitrogens with zero attached hydrogens (tertiary/aromatic N) is 1. The third-order valence-corrected chi connectivity index (χ3v) is 5.13. The van der Waals surface area contributed by atoms with Crippen LogP contribution in [0.15, 0.2) is 72.8 Å². The van der Waals surface area contributed by atoms with Crippen molar-refractivity contribution in [2.45, 2.75) is 32.3 Å². The van der Waals surface area contributed by atoms with Crippen LogP contribution < -0.4 is 9.47 Å². The van der Waals surface area contributed by atoms with Gasteiger partial charge in [0.1, 0.15) is 23.7 Å². The number of nitriles is 1. The molecule has 1 atom stereocenters. The molecule has 0 bridgehead atoms.